The molecular formula is C15H21N3OS. The molecule has 0 saturated heterocycles. The van der Waals surface area contributed by atoms with Gasteiger partial charge in [-0.05, 0) is 38.9 Å². The topological polar surface area (TPSA) is 47.0 Å². The van der Waals surface area contributed by atoms with Crippen LogP contribution in [0.2, 0.25) is 0 Å². The van der Waals surface area contributed by atoms with E-state index in [1.54, 1.807) is 18.4 Å². The molecule has 1 unspecified atom stereocenters. The molecule has 1 N–H and O–H groups in total. The van der Waals surface area contributed by atoms with Crippen LogP contribution < -0.4 is 10.1 Å². The highest BCUT2D eigenvalue weighted by Gasteiger charge is 2.15. The number of methoxy groups -OCH3 is 1. The molecule has 108 valence electrons. The van der Waals surface area contributed by atoms with Gasteiger partial charge in [-0.2, -0.15) is 0 Å². The van der Waals surface area contributed by atoms with E-state index in [1.165, 1.54) is 5.56 Å². The Bertz CT molecular complexity index is 568. The summed E-state index contributed by atoms with van der Waals surface area (Å²) in [6.07, 6.45) is 1.11. The van der Waals surface area contributed by atoms with E-state index < -0.39 is 0 Å². The third-order valence-electron chi connectivity index (χ3n) is 3.10. The van der Waals surface area contributed by atoms with Crippen molar-refractivity contribution in [1.29, 1.82) is 0 Å². The van der Waals surface area contributed by atoms with E-state index in [-0.39, 0.29) is 6.04 Å². The van der Waals surface area contributed by atoms with Crippen molar-refractivity contribution < 1.29 is 4.74 Å². The SMILES string of the molecule is CCCNC(C)c1nnc(-c2cc(C)ccc2OC)s1. The van der Waals surface area contributed by atoms with Gasteiger partial charge in [-0.25, -0.2) is 0 Å². The summed E-state index contributed by atoms with van der Waals surface area (Å²) in [5.41, 5.74) is 2.20. The van der Waals surface area contributed by atoms with E-state index in [0.29, 0.717) is 0 Å². The second kappa shape index (κ2) is 6.81. The normalized spacial score (nSPS) is 12.4. The van der Waals surface area contributed by atoms with Crippen LogP contribution in [0.25, 0.3) is 10.6 Å². The lowest BCUT2D eigenvalue weighted by atomic mass is 10.1. The fourth-order valence-electron chi connectivity index (χ4n) is 1.96. The van der Waals surface area contributed by atoms with Crippen molar-refractivity contribution in [3.8, 4) is 16.3 Å². The maximum atomic E-state index is 5.41. The molecular weight excluding hydrogens is 270 g/mol. The van der Waals surface area contributed by atoms with Crippen LogP contribution in [-0.2, 0) is 0 Å². The van der Waals surface area contributed by atoms with Crippen molar-refractivity contribution >= 4 is 11.3 Å². The first-order valence-corrected chi connectivity index (χ1v) is 7.69. The van der Waals surface area contributed by atoms with Crippen LogP contribution in [0.4, 0.5) is 0 Å². The van der Waals surface area contributed by atoms with Gasteiger partial charge in [0, 0.05) is 0 Å². The Balaban J connectivity index is 2.26. The fraction of sp³-hybridized carbons (Fsp3) is 0.467. The number of aryl methyl sites for hydroxylation is 1. The summed E-state index contributed by atoms with van der Waals surface area (Å²) < 4.78 is 5.41. The van der Waals surface area contributed by atoms with Gasteiger partial charge in [0.2, 0.25) is 0 Å². The second-order valence-electron chi connectivity index (χ2n) is 4.83. The molecule has 0 aliphatic rings. The molecule has 0 aliphatic heterocycles. The summed E-state index contributed by atoms with van der Waals surface area (Å²) in [4.78, 5) is 0. The lowest BCUT2D eigenvalue weighted by molar-refractivity contribution is 0.416. The molecule has 4 nitrogen and oxygen atoms in total. The van der Waals surface area contributed by atoms with Crippen LogP contribution in [0, 0.1) is 6.92 Å². The Morgan fingerprint density at radius 2 is 2.15 bits per heavy atom. The summed E-state index contributed by atoms with van der Waals surface area (Å²) in [5.74, 6) is 0.840. The quantitative estimate of drug-likeness (QED) is 0.883. The average molecular weight is 291 g/mol. The summed E-state index contributed by atoms with van der Waals surface area (Å²) in [7, 11) is 1.68. The molecule has 0 radical (unpaired) electrons. The van der Waals surface area contributed by atoms with Gasteiger partial charge in [0.15, 0.2) is 5.01 Å². The van der Waals surface area contributed by atoms with E-state index in [0.717, 1.165) is 34.3 Å². The molecule has 0 amide bonds. The highest BCUT2D eigenvalue weighted by molar-refractivity contribution is 7.14. The molecule has 20 heavy (non-hydrogen) atoms. The summed E-state index contributed by atoms with van der Waals surface area (Å²) in [5, 5.41) is 14.0. The van der Waals surface area contributed by atoms with Gasteiger partial charge in [-0.1, -0.05) is 29.9 Å². The number of benzene rings is 1. The van der Waals surface area contributed by atoms with E-state index in [9.17, 15) is 0 Å². The predicted octanol–water partition coefficient (Wildman–Crippen LogP) is 3.58. The zero-order chi connectivity index (χ0) is 14.5. The first-order chi connectivity index (χ1) is 9.65. The monoisotopic (exact) mass is 291 g/mol. The standard InChI is InChI=1S/C15H21N3OS/c1-5-8-16-11(3)14-17-18-15(20-14)12-9-10(2)6-7-13(12)19-4/h6-7,9,11,16H,5,8H2,1-4H3. The summed E-state index contributed by atoms with van der Waals surface area (Å²) in [6.45, 7) is 7.33. The number of ether oxygens (including phenoxy) is 1. The molecule has 0 fully saturated rings. The van der Waals surface area contributed by atoms with Gasteiger partial charge < -0.3 is 10.1 Å². The predicted molar refractivity (Wildman–Crippen MR) is 83.3 cm³/mol. The van der Waals surface area contributed by atoms with Gasteiger partial charge in [0.25, 0.3) is 0 Å². The largest absolute Gasteiger partial charge is 0.496 e. The molecule has 0 aliphatic carbocycles. The summed E-state index contributed by atoms with van der Waals surface area (Å²) in [6, 6.07) is 6.34. The van der Waals surface area contributed by atoms with Crippen molar-refractivity contribution in [3.05, 3.63) is 28.8 Å². The van der Waals surface area contributed by atoms with E-state index in [4.69, 9.17) is 4.74 Å². The van der Waals surface area contributed by atoms with Crippen molar-refractivity contribution in [2.24, 2.45) is 0 Å². The molecule has 1 heterocycles. The van der Waals surface area contributed by atoms with Gasteiger partial charge in [0.1, 0.15) is 10.8 Å². The van der Waals surface area contributed by atoms with E-state index in [2.05, 4.69) is 42.4 Å². The molecule has 1 aromatic carbocycles. The molecule has 2 rings (SSSR count). The lowest BCUT2D eigenvalue weighted by Crippen LogP contribution is -2.18. The van der Waals surface area contributed by atoms with Crippen LogP contribution in [0.15, 0.2) is 18.2 Å². The zero-order valence-electron chi connectivity index (χ0n) is 12.4. The Morgan fingerprint density at radius 1 is 1.35 bits per heavy atom. The number of hydrogen-bond acceptors (Lipinski definition) is 5. The minimum Gasteiger partial charge on any atom is -0.496 e. The highest BCUT2D eigenvalue weighted by atomic mass is 32.1. The molecule has 5 heteroatoms. The molecule has 1 aromatic heterocycles. The molecule has 0 spiro atoms. The highest BCUT2D eigenvalue weighted by Crippen LogP contribution is 2.34. The van der Waals surface area contributed by atoms with Gasteiger partial charge >= 0.3 is 0 Å². The maximum absolute atomic E-state index is 5.41. The molecule has 1 atom stereocenters. The minimum atomic E-state index is 0.233. The van der Waals surface area contributed by atoms with Crippen molar-refractivity contribution in [1.82, 2.24) is 15.5 Å². The number of rotatable bonds is 6. The lowest BCUT2D eigenvalue weighted by Gasteiger charge is -2.08. The maximum Gasteiger partial charge on any atom is 0.151 e. The smallest absolute Gasteiger partial charge is 0.151 e. The van der Waals surface area contributed by atoms with E-state index in [1.807, 2.05) is 12.1 Å². The Morgan fingerprint density at radius 3 is 2.85 bits per heavy atom. The third kappa shape index (κ3) is 3.35. The zero-order valence-corrected chi connectivity index (χ0v) is 13.3. The number of nitrogens with zero attached hydrogens (tertiary/aromatic N) is 2. The van der Waals surface area contributed by atoms with Gasteiger partial charge in [-0.3, -0.25) is 0 Å². The molecule has 0 saturated carbocycles. The Labute approximate surface area is 124 Å². The molecule has 0 bridgehead atoms. The van der Waals surface area contributed by atoms with Crippen molar-refractivity contribution in [3.63, 3.8) is 0 Å². The molecule has 2 aromatic rings. The average Bonchev–Trinajstić information content (AvgIpc) is 2.94. The Kier molecular flexibility index (Phi) is 5.09. The number of nitrogens with one attached hydrogen (secondary N) is 1. The third-order valence-corrected chi connectivity index (χ3v) is 4.24. The minimum absolute atomic E-state index is 0.233. The van der Waals surface area contributed by atoms with Crippen LogP contribution in [0.5, 0.6) is 5.75 Å². The van der Waals surface area contributed by atoms with Crippen molar-refractivity contribution in [2.75, 3.05) is 13.7 Å². The summed E-state index contributed by atoms with van der Waals surface area (Å²) >= 11 is 1.62. The van der Waals surface area contributed by atoms with E-state index >= 15 is 0 Å². The van der Waals surface area contributed by atoms with Crippen molar-refractivity contribution in [2.45, 2.75) is 33.2 Å². The first-order valence-electron chi connectivity index (χ1n) is 6.87. The number of hydrogen-bond donors (Lipinski definition) is 1. The van der Waals surface area contributed by atoms with Gasteiger partial charge in [-0.15, -0.1) is 10.2 Å². The second-order valence-corrected chi connectivity index (χ2v) is 5.83. The first kappa shape index (κ1) is 14.9. The van der Waals surface area contributed by atoms with Crippen LogP contribution in [0.1, 0.15) is 36.9 Å². The fourth-order valence-corrected chi connectivity index (χ4v) is 2.85. The van der Waals surface area contributed by atoms with Crippen LogP contribution >= 0.6 is 11.3 Å². The van der Waals surface area contributed by atoms with Crippen LogP contribution in [-0.4, -0.2) is 23.9 Å². The van der Waals surface area contributed by atoms with Crippen LogP contribution in [0.3, 0.4) is 0 Å². The number of aromatic nitrogens is 2. The van der Waals surface area contributed by atoms with Gasteiger partial charge in [0.05, 0.1) is 18.7 Å². The Hall–Kier alpha value is -1.46.